The lowest BCUT2D eigenvalue weighted by atomic mass is 9.85. The van der Waals surface area contributed by atoms with Crippen LogP contribution in [0.5, 0.6) is 0 Å². The van der Waals surface area contributed by atoms with Gasteiger partial charge in [-0.1, -0.05) is 124 Å². The number of rotatable bonds is 38. The van der Waals surface area contributed by atoms with Crippen LogP contribution in [0.15, 0.2) is 97.2 Å². The van der Waals surface area contributed by atoms with Crippen LogP contribution in [0.4, 0.5) is 0 Å². The maximum atomic E-state index is 13.0. The molecule has 0 aliphatic heterocycles. The van der Waals surface area contributed by atoms with Crippen LogP contribution in [-0.4, -0.2) is 114 Å². The third-order valence-electron chi connectivity index (χ3n) is 10.3. The molecule has 1 rings (SSSR count). The minimum absolute atomic E-state index is 0.0567. The Hall–Kier alpha value is -3.12. The van der Waals surface area contributed by atoms with Gasteiger partial charge in [0.15, 0.2) is 6.10 Å². The number of carbonyl (C=O) groups is 2. The van der Waals surface area contributed by atoms with E-state index in [0.717, 1.165) is 83.5 Å². The average molecular weight is 1000 g/mol. The van der Waals surface area contributed by atoms with E-state index in [1.54, 1.807) is 0 Å². The zero-order chi connectivity index (χ0) is 50.5. The highest BCUT2D eigenvalue weighted by molar-refractivity contribution is 7.47. The number of hydrogen-bond acceptors (Lipinski definition) is 14. The first-order valence-electron chi connectivity index (χ1n) is 23.9. The highest BCUT2D eigenvalue weighted by Crippen LogP contribution is 2.49. The highest BCUT2D eigenvalue weighted by Gasteiger charge is 2.54. The summed E-state index contributed by atoms with van der Waals surface area (Å²) in [5, 5.41) is 50.8. The van der Waals surface area contributed by atoms with E-state index in [9.17, 15) is 58.9 Å². The first-order chi connectivity index (χ1) is 32.5. The number of phosphoric ester groups is 2. The molecule has 0 aromatic rings. The predicted molar refractivity (Wildman–Crippen MR) is 261 cm³/mol. The van der Waals surface area contributed by atoms with Crippen molar-refractivity contribution in [1.82, 2.24) is 0 Å². The molecule has 1 fully saturated rings. The van der Waals surface area contributed by atoms with Crippen molar-refractivity contribution in [1.29, 1.82) is 0 Å². The topological polar surface area (TPSA) is 276 Å². The summed E-state index contributed by atoms with van der Waals surface area (Å²) in [6.45, 7) is 2.64. The second kappa shape index (κ2) is 38.6. The monoisotopic (exact) mass is 1000 g/mol. The Labute approximate surface area is 403 Å². The van der Waals surface area contributed by atoms with Crippen LogP contribution in [0, 0.1) is 0 Å². The van der Waals surface area contributed by atoms with Crippen molar-refractivity contribution >= 4 is 27.6 Å². The summed E-state index contributed by atoms with van der Waals surface area (Å²) in [6.07, 6.45) is 31.6. The Balaban J connectivity index is 2.66. The highest BCUT2D eigenvalue weighted by atomic mass is 31.2. The molecule has 9 atom stereocenters. The first kappa shape index (κ1) is 62.9. The SMILES string of the molecule is CC/C=C\C/C=C\C/C=C\C/C=C\CCCCCCC(=O)OC[C@H](COP(=O)(O)O[C@H]1C(O)C(O)C(O)[C@@H](OP(=O)(O)O)C1O)OC(=O)CCC/C=C\C/C=C\C/C=C\C/C=C\CC[C@H](O)CC. The van der Waals surface area contributed by atoms with Crippen molar-refractivity contribution < 1.29 is 82.0 Å². The summed E-state index contributed by atoms with van der Waals surface area (Å²) < 4.78 is 49.3. The van der Waals surface area contributed by atoms with Crippen molar-refractivity contribution in [2.24, 2.45) is 0 Å². The summed E-state index contributed by atoms with van der Waals surface area (Å²) in [5.74, 6) is -1.33. The van der Waals surface area contributed by atoms with Crippen molar-refractivity contribution in [3.8, 4) is 0 Å². The third-order valence-corrected chi connectivity index (χ3v) is 11.8. The van der Waals surface area contributed by atoms with Gasteiger partial charge in [-0.25, -0.2) is 9.13 Å². The van der Waals surface area contributed by atoms with E-state index >= 15 is 0 Å². The van der Waals surface area contributed by atoms with Crippen molar-refractivity contribution in [2.75, 3.05) is 13.2 Å². The maximum absolute atomic E-state index is 13.0. The van der Waals surface area contributed by atoms with Gasteiger partial charge in [-0.3, -0.25) is 23.2 Å². The van der Waals surface area contributed by atoms with Crippen LogP contribution in [0.2, 0.25) is 0 Å². The van der Waals surface area contributed by atoms with Crippen molar-refractivity contribution in [3.63, 3.8) is 0 Å². The quantitative estimate of drug-likeness (QED) is 0.0125. The number of allylic oxidation sites excluding steroid dienone is 16. The molecule has 19 heteroatoms. The second-order valence-electron chi connectivity index (χ2n) is 16.2. The Morgan fingerprint density at radius 3 is 1.50 bits per heavy atom. The van der Waals surface area contributed by atoms with Gasteiger partial charge in [-0.15, -0.1) is 0 Å². The van der Waals surface area contributed by atoms with Gasteiger partial charge in [-0.05, 0) is 96.3 Å². The molecule has 0 radical (unpaired) electrons. The summed E-state index contributed by atoms with van der Waals surface area (Å²) in [5.41, 5.74) is 0. The summed E-state index contributed by atoms with van der Waals surface area (Å²) >= 11 is 0. The average Bonchev–Trinajstić information content (AvgIpc) is 3.29. The molecular formula is C49H80O17P2. The zero-order valence-corrected chi connectivity index (χ0v) is 41.6. The molecule has 1 saturated carbocycles. The smallest absolute Gasteiger partial charge is 0.462 e. The number of ether oxygens (including phenoxy) is 2. The molecule has 0 aromatic heterocycles. The minimum Gasteiger partial charge on any atom is -0.462 e. The van der Waals surface area contributed by atoms with Crippen molar-refractivity contribution in [3.05, 3.63) is 97.2 Å². The molecular weight excluding hydrogens is 922 g/mol. The van der Waals surface area contributed by atoms with Gasteiger partial charge in [0.05, 0.1) is 12.7 Å². The van der Waals surface area contributed by atoms with Gasteiger partial charge < -0.3 is 49.7 Å². The summed E-state index contributed by atoms with van der Waals surface area (Å²) in [6, 6.07) is 0. The van der Waals surface area contributed by atoms with E-state index in [0.29, 0.717) is 25.7 Å². The Kier molecular flexibility index (Phi) is 35.7. The fourth-order valence-electron chi connectivity index (χ4n) is 6.46. The van der Waals surface area contributed by atoms with Crippen LogP contribution >= 0.6 is 15.6 Å². The fourth-order valence-corrected chi connectivity index (χ4v) is 8.00. The molecule has 0 amide bonds. The number of hydrogen-bond donors (Lipinski definition) is 8. The molecule has 0 bridgehead atoms. The van der Waals surface area contributed by atoms with E-state index in [1.807, 2.05) is 31.2 Å². The summed E-state index contributed by atoms with van der Waals surface area (Å²) in [7, 11) is -10.7. The second-order valence-corrected chi connectivity index (χ2v) is 18.8. The van der Waals surface area contributed by atoms with Gasteiger partial charge >= 0.3 is 27.6 Å². The normalized spacial score (nSPS) is 22.6. The lowest BCUT2D eigenvalue weighted by Gasteiger charge is -2.43. The molecule has 0 aromatic carbocycles. The maximum Gasteiger partial charge on any atom is 0.472 e. The van der Waals surface area contributed by atoms with Crippen LogP contribution < -0.4 is 0 Å². The van der Waals surface area contributed by atoms with E-state index in [-0.39, 0.29) is 18.9 Å². The van der Waals surface area contributed by atoms with Gasteiger partial charge in [0.2, 0.25) is 0 Å². The lowest BCUT2D eigenvalue weighted by Crippen LogP contribution is -2.64. The first-order valence-corrected chi connectivity index (χ1v) is 26.9. The van der Waals surface area contributed by atoms with Crippen molar-refractivity contribution in [2.45, 2.75) is 185 Å². The van der Waals surface area contributed by atoms with Crippen LogP contribution in [-0.2, 0) is 41.8 Å². The van der Waals surface area contributed by atoms with Crippen LogP contribution in [0.3, 0.4) is 0 Å². The van der Waals surface area contributed by atoms with Crippen LogP contribution in [0.1, 0.15) is 136 Å². The molecule has 5 unspecified atom stereocenters. The number of aliphatic hydroxyl groups excluding tert-OH is 5. The van der Waals surface area contributed by atoms with Gasteiger partial charge in [0.1, 0.15) is 43.2 Å². The Morgan fingerprint density at radius 1 is 0.529 bits per heavy atom. The molecule has 1 aliphatic rings. The molecule has 0 saturated heterocycles. The number of esters is 2. The van der Waals surface area contributed by atoms with E-state index < -0.39 is 83.5 Å². The predicted octanol–water partition coefficient (Wildman–Crippen LogP) is 8.14. The summed E-state index contributed by atoms with van der Waals surface area (Å²) in [4.78, 5) is 54.3. The fraction of sp³-hybridized carbons (Fsp3) is 0.633. The molecule has 1 aliphatic carbocycles. The molecule has 0 spiro atoms. The molecule has 17 nitrogen and oxygen atoms in total. The molecule has 0 heterocycles. The Morgan fingerprint density at radius 2 is 0.985 bits per heavy atom. The van der Waals surface area contributed by atoms with Gasteiger partial charge in [0.25, 0.3) is 0 Å². The standard InChI is InChI=1S/C49H80O17P2/c1-3-5-6-7-8-9-10-11-12-13-14-18-21-24-27-30-33-36-42(51)62-38-41(39-63-68(60,61)66-49-46(55)44(53)45(54)48(47(49)56)65-67(57,58)59)64-43(52)37-34-31-28-25-22-19-16-15-17-20-23-26-29-32-35-40(50)4-2/h5-6,8-9,11-12,14,16-20,25-26,28-29,40-41,44-50,53-56H,3-4,7,10,13,15,21-24,27,30-39H2,1-2H3,(H,60,61)(H2,57,58,59)/b6-5-,9-8-,12-11-,18-14-,19-16-,20-17-,28-25-,29-26-/t40-,41-,44?,45?,46?,47?,48-,49+/m1/s1. The number of phosphoric acid groups is 2. The molecule has 68 heavy (non-hydrogen) atoms. The molecule has 388 valence electrons. The van der Waals surface area contributed by atoms with Gasteiger partial charge in [0, 0.05) is 12.8 Å². The van der Waals surface area contributed by atoms with E-state index in [4.69, 9.17) is 18.5 Å². The van der Waals surface area contributed by atoms with E-state index in [2.05, 4.69) is 84.4 Å². The number of aliphatic hydroxyl groups is 5. The van der Waals surface area contributed by atoms with Crippen LogP contribution in [0.25, 0.3) is 0 Å². The van der Waals surface area contributed by atoms with E-state index in [1.165, 1.54) is 0 Å². The number of unbranched alkanes of at least 4 members (excludes halogenated alkanes) is 5. The molecule has 8 N–H and O–H groups in total. The lowest BCUT2D eigenvalue weighted by molar-refractivity contribution is -0.216. The third kappa shape index (κ3) is 32.6. The minimum atomic E-state index is -5.38. The Bertz CT molecular complexity index is 1700. The number of carbonyl (C=O) groups excluding carboxylic acids is 2. The zero-order valence-electron chi connectivity index (χ0n) is 39.9. The van der Waals surface area contributed by atoms with Gasteiger partial charge in [-0.2, -0.15) is 0 Å². The largest absolute Gasteiger partial charge is 0.472 e.